The highest BCUT2D eigenvalue weighted by molar-refractivity contribution is 7.98. The molecule has 110 valence electrons. The lowest BCUT2D eigenvalue weighted by molar-refractivity contribution is 0.899. The van der Waals surface area contributed by atoms with Gasteiger partial charge >= 0.3 is 0 Å². The van der Waals surface area contributed by atoms with Gasteiger partial charge in [-0.3, -0.25) is 4.98 Å². The SMILES string of the molecule is CSc1ccc(CCc2nccn3c(CC#N)ccc23)cc1. The summed E-state index contributed by atoms with van der Waals surface area (Å²) in [5, 5.41) is 8.88. The number of nitrogens with zero attached hydrogens (tertiary/aromatic N) is 3. The topological polar surface area (TPSA) is 41.1 Å². The Balaban J connectivity index is 1.80. The Bertz CT molecular complexity index is 812. The molecule has 0 bridgehead atoms. The van der Waals surface area contributed by atoms with E-state index >= 15 is 0 Å². The van der Waals surface area contributed by atoms with Gasteiger partial charge in [0.1, 0.15) is 0 Å². The third kappa shape index (κ3) is 3.00. The van der Waals surface area contributed by atoms with Crippen molar-refractivity contribution in [2.75, 3.05) is 6.26 Å². The van der Waals surface area contributed by atoms with E-state index in [9.17, 15) is 0 Å². The van der Waals surface area contributed by atoms with Crippen LogP contribution in [0.4, 0.5) is 0 Å². The number of nitriles is 1. The molecule has 3 nitrogen and oxygen atoms in total. The number of hydrogen-bond donors (Lipinski definition) is 0. The van der Waals surface area contributed by atoms with Crippen molar-refractivity contribution in [3.8, 4) is 6.07 Å². The van der Waals surface area contributed by atoms with Crippen LogP contribution in [0.5, 0.6) is 0 Å². The summed E-state index contributed by atoms with van der Waals surface area (Å²) in [6, 6.07) is 15.0. The maximum Gasteiger partial charge on any atom is 0.0758 e. The van der Waals surface area contributed by atoms with E-state index < -0.39 is 0 Å². The van der Waals surface area contributed by atoms with Crippen LogP contribution in [0.1, 0.15) is 17.0 Å². The minimum absolute atomic E-state index is 0.424. The van der Waals surface area contributed by atoms with Gasteiger partial charge in [0.2, 0.25) is 0 Å². The molecule has 0 unspecified atom stereocenters. The average Bonchev–Trinajstić information content (AvgIpc) is 2.97. The molecule has 4 heteroatoms. The molecule has 0 radical (unpaired) electrons. The van der Waals surface area contributed by atoms with E-state index in [1.54, 1.807) is 11.8 Å². The second-order valence-electron chi connectivity index (χ2n) is 5.14. The molecule has 0 saturated heterocycles. The molecule has 0 atom stereocenters. The van der Waals surface area contributed by atoms with E-state index in [-0.39, 0.29) is 0 Å². The lowest BCUT2D eigenvalue weighted by Crippen LogP contribution is -2.00. The zero-order valence-electron chi connectivity index (χ0n) is 12.5. The first-order valence-corrected chi connectivity index (χ1v) is 8.48. The van der Waals surface area contributed by atoms with E-state index in [0.29, 0.717) is 6.42 Å². The summed E-state index contributed by atoms with van der Waals surface area (Å²) in [5.41, 5.74) is 4.53. The van der Waals surface area contributed by atoms with Crippen LogP contribution < -0.4 is 0 Å². The largest absolute Gasteiger partial charge is 0.317 e. The Hall–Kier alpha value is -2.25. The van der Waals surface area contributed by atoms with Crippen LogP contribution in [0.3, 0.4) is 0 Å². The molecule has 0 aliphatic rings. The summed E-state index contributed by atoms with van der Waals surface area (Å²) in [6.07, 6.45) is 8.14. The number of aryl methyl sites for hydroxylation is 2. The molecule has 2 heterocycles. The van der Waals surface area contributed by atoms with Gasteiger partial charge in [0.25, 0.3) is 0 Å². The Kier molecular flexibility index (Phi) is 4.45. The minimum atomic E-state index is 0.424. The van der Waals surface area contributed by atoms with Gasteiger partial charge in [-0.05, 0) is 48.9 Å². The first-order chi connectivity index (χ1) is 10.8. The van der Waals surface area contributed by atoms with Gasteiger partial charge in [-0.1, -0.05) is 12.1 Å². The van der Waals surface area contributed by atoms with Crippen molar-refractivity contribution < 1.29 is 0 Å². The molecule has 3 aromatic rings. The molecule has 2 aromatic heterocycles. The second kappa shape index (κ2) is 6.67. The standard InChI is InChI=1S/C18H17N3S/c1-22-16-6-2-14(3-7-16)4-8-17-18-9-5-15(10-11-19)21(18)13-12-20-17/h2-3,5-7,9,12-13H,4,8,10H2,1H3. The average molecular weight is 307 g/mol. The highest BCUT2D eigenvalue weighted by Gasteiger charge is 2.07. The predicted molar refractivity (Wildman–Crippen MR) is 90.1 cm³/mol. The van der Waals surface area contributed by atoms with Crippen LogP contribution in [0, 0.1) is 11.3 Å². The molecule has 0 amide bonds. The third-order valence-corrected chi connectivity index (χ3v) is 4.56. The summed E-state index contributed by atoms with van der Waals surface area (Å²) >= 11 is 1.76. The number of benzene rings is 1. The van der Waals surface area contributed by atoms with Crippen LogP contribution in [0.15, 0.2) is 53.7 Å². The van der Waals surface area contributed by atoms with Gasteiger partial charge < -0.3 is 4.40 Å². The molecule has 0 aliphatic heterocycles. The summed E-state index contributed by atoms with van der Waals surface area (Å²) in [6.45, 7) is 0. The highest BCUT2D eigenvalue weighted by Crippen LogP contribution is 2.18. The third-order valence-electron chi connectivity index (χ3n) is 3.81. The van der Waals surface area contributed by atoms with Crippen molar-refractivity contribution >= 4 is 17.3 Å². The van der Waals surface area contributed by atoms with Gasteiger partial charge in [-0.15, -0.1) is 11.8 Å². The summed E-state index contributed by atoms with van der Waals surface area (Å²) in [4.78, 5) is 5.81. The quantitative estimate of drug-likeness (QED) is 0.671. The Morgan fingerprint density at radius 2 is 1.95 bits per heavy atom. The lowest BCUT2D eigenvalue weighted by Gasteiger charge is -2.06. The Labute approximate surface area is 134 Å². The van der Waals surface area contributed by atoms with Gasteiger partial charge in [-0.2, -0.15) is 5.26 Å². The fraction of sp³-hybridized carbons (Fsp3) is 0.222. The van der Waals surface area contributed by atoms with E-state index in [1.165, 1.54) is 10.5 Å². The van der Waals surface area contributed by atoms with Gasteiger partial charge in [0.15, 0.2) is 0 Å². The second-order valence-corrected chi connectivity index (χ2v) is 6.02. The number of rotatable bonds is 5. The first-order valence-electron chi connectivity index (χ1n) is 7.25. The fourth-order valence-electron chi connectivity index (χ4n) is 2.63. The number of hydrogen-bond acceptors (Lipinski definition) is 3. The molecule has 0 saturated carbocycles. The zero-order valence-corrected chi connectivity index (χ0v) is 13.3. The normalized spacial score (nSPS) is 10.7. The fourth-order valence-corrected chi connectivity index (χ4v) is 3.04. The van der Waals surface area contributed by atoms with Crippen molar-refractivity contribution in [1.82, 2.24) is 9.38 Å². The van der Waals surface area contributed by atoms with E-state index in [0.717, 1.165) is 29.7 Å². The van der Waals surface area contributed by atoms with Gasteiger partial charge in [0, 0.05) is 23.0 Å². The molecule has 0 fully saturated rings. The van der Waals surface area contributed by atoms with Crippen LogP contribution in [-0.2, 0) is 19.3 Å². The molecule has 1 aromatic carbocycles. The Morgan fingerprint density at radius 3 is 2.68 bits per heavy atom. The van der Waals surface area contributed by atoms with Crippen LogP contribution in [0.2, 0.25) is 0 Å². The smallest absolute Gasteiger partial charge is 0.0758 e. The molecule has 22 heavy (non-hydrogen) atoms. The van der Waals surface area contributed by atoms with Crippen LogP contribution in [-0.4, -0.2) is 15.6 Å². The van der Waals surface area contributed by atoms with E-state index in [4.69, 9.17) is 5.26 Å². The van der Waals surface area contributed by atoms with Crippen molar-refractivity contribution in [3.05, 3.63) is 65.7 Å². The molecule has 0 N–H and O–H groups in total. The van der Waals surface area contributed by atoms with E-state index in [1.807, 2.05) is 18.5 Å². The maximum atomic E-state index is 8.88. The lowest BCUT2D eigenvalue weighted by atomic mass is 10.1. The van der Waals surface area contributed by atoms with E-state index in [2.05, 4.69) is 52.0 Å². The maximum absolute atomic E-state index is 8.88. The number of thioether (sulfide) groups is 1. The van der Waals surface area contributed by atoms with Crippen molar-refractivity contribution in [2.45, 2.75) is 24.2 Å². The summed E-state index contributed by atoms with van der Waals surface area (Å²) in [7, 11) is 0. The first kappa shape index (κ1) is 14.7. The Morgan fingerprint density at radius 1 is 1.14 bits per heavy atom. The molecule has 0 spiro atoms. The highest BCUT2D eigenvalue weighted by atomic mass is 32.2. The minimum Gasteiger partial charge on any atom is -0.317 e. The summed E-state index contributed by atoms with van der Waals surface area (Å²) in [5.74, 6) is 0. The molecule has 3 rings (SSSR count). The number of aromatic nitrogens is 2. The van der Waals surface area contributed by atoms with Crippen molar-refractivity contribution in [2.24, 2.45) is 0 Å². The molecular formula is C18H17N3S. The number of fused-ring (bicyclic) bond motifs is 1. The van der Waals surface area contributed by atoms with Crippen molar-refractivity contribution in [3.63, 3.8) is 0 Å². The van der Waals surface area contributed by atoms with Crippen molar-refractivity contribution in [1.29, 1.82) is 5.26 Å². The monoisotopic (exact) mass is 307 g/mol. The van der Waals surface area contributed by atoms with Gasteiger partial charge in [-0.25, -0.2) is 0 Å². The molecular weight excluding hydrogens is 290 g/mol. The molecule has 0 aliphatic carbocycles. The predicted octanol–water partition coefficient (Wildman–Crippen LogP) is 3.91. The summed E-state index contributed by atoms with van der Waals surface area (Å²) < 4.78 is 2.07. The van der Waals surface area contributed by atoms with Crippen LogP contribution in [0.25, 0.3) is 5.52 Å². The van der Waals surface area contributed by atoms with Gasteiger partial charge in [0.05, 0.1) is 23.7 Å². The van der Waals surface area contributed by atoms with Crippen LogP contribution >= 0.6 is 11.8 Å². The zero-order chi connectivity index (χ0) is 15.4.